The van der Waals surface area contributed by atoms with Crippen molar-refractivity contribution >= 4 is 6.29 Å². The number of unbranched alkanes of at least 4 members (excludes halogenated alkanes) is 6. The molecule has 0 saturated carbocycles. The van der Waals surface area contributed by atoms with Gasteiger partial charge < -0.3 is 0 Å². The second-order valence-electron chi connectivity index (χ2n) is 4.77. The van der Waals surface area contributed by atoms with E-state index < -0.39 is 0 Å². The van der Waals surface area contributed by atoms with Crippen molar-refractivity contribution in [3.8, 4) is 0 Å². The normalized spacial score (nSPS) is 12.1. The minimum absolute atomic E-state index is 0.582. The maximum Gasteiger partial charge on any atom is 0.198 e. The predicted molar refractivity (Wildman–Crippen MR) is 85.0 cm³/mol. The smallest absolute Gasteiger partial charge is 0.198 e. The fourth-order valence-electron chi connectivity index (χ4n) is 1.75. The maximum atomic E-state index is 9.98. The highest BCUT2D eigenvalue weighted by Gasteiger charge is 1.84. The molecule has 1 nitrogen and oxygen atoms in total. The van der Waals surface area contributed by atoms with Crippen LogP contribution < -0.4 is 0 Å². The van der Waals surface area contributed by atoms with Gasteiger partial charge in [0.15, 0.2) is 6.29 Å². The van der Waals surface area contributed by atoms with Gasteiger partial charge in [-0.2, -0.15) is 0 Å². The third-order valence-electron chi connectivity index (χ3n) is 2.92. The van der Waals surface area contributed by atoms with Crippen molar-refractivity contribution in [3.05, 3.63) is 36.5 Å². The summed E-state index contributed by atoms with van der Waals surface area (Å²) in [5, 5.41) is 0. The van der Waals surface area contributed by atoms with Crippen LogP contribution in [0.1, 0.15) is 71.1 Å². The molecule has 107 valence electrons. The fraction of sp³-hybridized carbons (Fsp3) is 0.611. The average Bonchev–Trinajstić information content (AvgIpc) is 2.43. The van der Waals surface area contributed by atoms with Crippen molar-refractivity contribution in [1.29, 1.82) is 0 Å². The van der Waals surface area contributed by atoms with Crippen LogP contribution in [0.15, 0.2) is 36.5 Å². The van der Waals surface area contributed by atoms with Gasteiger partial charge in [-0.3, -0.25) is 4.79 Å². The van der Waals surface area contributed by atoms with Crippen molar-refractivity contribution in [2.75, 3.05) is 0 Å². The number of rotatable bonds is 13. The van der Waals surface area contributed by atoms with E-state index in [0.717, 1.165) is 32.1 Å². The molecule has 0 aliphatic heterocycles. The predicted octanol–water partition coefficient (Wildman–Crippen LogP) is 5.69. The van der Waals surface area contributed by atoms with E-state index in [-0.39, 0.29) is 0 Å². The number of allylic oxidation sites excluding steroid dienone is 6. The van der Waals surface area contributed by atoms with Crippen LogP contribution in [0.4, 0.5) is 0 Å². The Morgan fingerprint density at radius 1 is 0.737 bits per heavy atom. The summed E-state index contributed by atoms with van der Waals surface area (Å²) in [7, 11) is 0. The minimum atomic E-state index is 0.582. The molecule has 0 fully saturated rings. The topological polar surface area (TPSA) is 17.1 Å². The molecule has 0 aromatic rings. The zero-order valence-electron chi connectivity index (χ0n) is 12.4. The van der Waals surface area contributed by atoms with Crippen LogP contribution in [0.3, 0.4) is 0 Å². The van der Waals surface area contributed by atoms with E-state index in [1.54, 1.807) is 0 Å². The van der Waals surface area contributed by atoms with Crippen molar-refractivity contribution in [1.82, 2.24) is 0 Å². The molecule has 19 heavy (non-hydrogen) atoms. The molecule has 0 aromatic heterocycles. The number of hydrogen-bond donors (Lipinski definition) is 0. The lowest BCUT2D eigenvalue weighted by molar-refractivity contribution is 0.547. The fourth-order valence-corrected chi connectivity index (χ4v) is 1.75. The van der Waals surface area contributed by atoms with Crippen molar-refractivity contribution < 1.29 is 4.79 Å². The summed E-state index contributed by atoms with van der Waals surface area (Å²) in [4.78, 5) is 9.98. The van der Waals surface area contributed by atoms with E-state index in [1.807, 2.05) is 6.29 Å². The molecule has 1 heteroatoms. The molecular formula is C18H29O. The summed E-state index contributed by atoms with van der Waals surface area (Å²) < 4.78 is 0. The highest BCUT2D eigenvalue weighted by atomic mass is 16.1. The average molecular weight is 261 g/mol. The highest BCUT2D eigenvalue weighted by Crippen LogP contribution is 2.01. The maximum absolute atomic E-state index is 9.98. The lowest BCUT2D eigenvalue weighted by Crippen LogP contribution is -1.75. The Labute approximate surface area is 119 Å². The van der Waals surface area contributed by atoms with Gasteiger partial charge in [0.25, 0.3) is 0 Å². The van der Waals surface area contributed by atoms with Crippen LogP contribution in [-0.4, -0.2) is 6.29 Å². The largest absolute Gasteiger partial charge is 0.291 e. The van der Waals surface area contributed by atoms with Crippen LogP contribution in [0.2, 0.25) is 0 Å². The Balaban J connectivity index is 3.28. The first-order valence-corrected chi connectivity index (χ1v) is 7.71. The Kier molecular flexibility index (Phi) is 15.9. The molecule has 0 bridgehead atoms. The summed E-state index contributed by atoms with van der Waals surface area (Å²) in [5.41, 5.74) is 0. The summed E-state index contributed by atoms with van der Waals surface area (Å²) in [6.45, 7) is 2.24. The first-order chi connectivity index (χ1) is 9.41. The first-order valence-electron chi connectivity index (χ1n) is 7.71. The number of hydrogen-bond acceptors (Lipinski definition) is 1. The molecule has 0 aliphatic rings. The zero-order valence-corrected chi connectivity index (χ0v) is 12.4. The molecule has 0 heterocycles. The quantitative estimate of drug-likeness (QED) is 0.307. The third kappa shape index (κ3) is 16.9. The second kappa shape index (κ2) is 16.9. The van der Waals surface area contributed by atoms with E-state index in [1.165, 1.54) is 25.7 Å². The third-order valence-corrected chi connectivity index (χ3v) is 2.92. The Bertz CT molecular complexity index is 261. The van der Waals surface area contributed by atoms with E-state index in [9.17, 15) is 4.79 Å². The monoisotopic (exact) mass is 261 g/mol. The molecule has 0 aliphatic carbocycles. The Hall–Kier alpha value is -1.11. The van der Waals surface area contributed by atoms with Crippen LogP contribution >= 0.6 is 0 Å². The first kappa shape index (κ1) is 17.9. The molecule has 0 unspecified atom stereocenters. The summed E-state index contributed by atoms with van der Waals surface area (Å²) >= 11 is 0. The van der Waals surface area contributed by atoms with Gasteiger partial charge in [-0.05, 0) is 44.9 Å². The van der Waals surface area contributed by atoms with Crippen LogP contribution in [-0.2, 0) is 4.79 Å². The second-order valence-corrected chi connectivity index (χ2v) is 4.77. The SMILES string of the molecule is CCCCCC=CCC=CCC=CCCCC[C]=O. The molecule has 0 rings (SSSR count). The molecule has 0 saturated heterocycles. The molecular weight excluding hydrogens is 232 g/mol. The van der Waals surface area contributed by atoms with Crippen molar-refractivity contribution in [2.24, 2.45) is 0 Å². The van der Waals surface area contributed by atoms with Gasteiger partial charge in [0.2, 0.25) is 0 Å². The number of carbonyl (C=O) groups excluding carboxylic acids is 1. The standard InChI is InChI=1S/C18H29O/c1-2-3-4-5-6-7-8-9-10-11-12-13-14-15-16-17-18-19/h6-7,9-10,12-13H,2-5,8,11,14-17H2,1H3. The van der Waals surface area contributed by atoms with Crippen LogP contribution in [0.5, 0.6) is 0 Å². The van der Waals surface area contributed by atoms with Crippen LogP contribution in [0, 0.1) is 0 Å². The molecule has 0 atom stereocenters. The van der Waals surface area contributed by atoms with Gasteiger partial charge in [0.1, 0.15) is 0 Å². The molecule has 0 spiro atoms. The van der Waals surface area contributed by atoms with Crippen LogP contribution in [0.25, 0.3) is 0 Å². The summed E-state index contributed by atoms with van der Waals surface area (Å²) in [6, 6.07) is 0. The molecule has 0 amide bonds. The van der Waals surface area contributed by atoms with Crippen molar-refractivity contribution in [3.63, 3.8) is 0 Å². The lowest BCUT2D eigenvalue weighted by atomic mass is 10.2. The van der Waals surface area contributed by atoms with E-state index in [0.29, 0.717) is 6.42 Å². The minimum Gasteiger partial charge on any atom is -0.291 e. The molecule has 1 radical (unpaired) electrons. The Morgan fingerprint density at radius 3 is 1.79 bits per heavy atom. The van der Waals surface area contributed by atoms with E-state index in [2.05, 4.69) is 43.4 Å². The molecule has 0 aromatic carbocycles. The van der Waals surface area contributed by atoms with Gasteiger partial charge in [0.05, 0.1) is 0 Å². The van der Waals surface area contributed by atoms with Gasteiger partial charge >= 0.3 is 0 Å². The van der Waals surface area contributed by atoms with E-state index in [4.69, 9.17) is 0 Å². The zero-order chi connectivity index (χ0) is 14.0. The lowest BCUT2D eigenvalue weighted by Gasteiger charge is -1.91. The summed E-state index contributed by atoms with van der Waals surface area (Å²) in [5.74, 6) is 0. The van der Waals surface area contributed by atoms with Crippen molar-refractivity contribution in [2.45, 2.75) is 71.1 Å². The van der Waals surface area contributed by atoms with Gasteiger partial charge in [0, 0.05) is 6.42 Å². The highest BCUT2D eigenvalue weighted by molar-refractivity contribution is 5.50. The summed E-state index contributed by atoms with van der Waals surface area (Å²) in [6.07, 6.45) is 26.3. The Morgan fingerprint density at radius 2 is 1.26 bits per heavy atom. The molecule has 0 N–H and O–H groups in total. The van der Waals surface area contributed by atoms with Gasteiger partial charge in [-0.1, -0.05) is 56.2 Å². The van der Waals surface area contributed by atoms with E-state index >= 15 is 0 Å². The van der Waals surface area contributed by atoms with Gasteiger partial charge in [-0.25, -0.2) is 0 Å². The van der Waals surface area contributed by atoms with Gasteiger partial charge in [-0.15, -0.1) is 0 Å².